The van der Waals surface area contributed by atoms with Gasteiger partial charge in [0.15, 0.2) is 0 Å². The second-order valence-electron chi connectivity index (χ2n) is 5.36. The molecule has 5 nitrogen and oxygen atoms in total. The van der Waals surface area contributed by atoms with Gasteiger partial charge < -0.3 is 5.32 Å². The van der Waals surface area contributed by atoms with Crippen molar-refractivity contribution in [2.75, 3.05) is 5.32 Å². The fourth-order valence-corrected chi connectivity index (χ4v) is 3.03. The zero-order chi connectivity index (χ0) is 14.9. The monoisotopic (exact) mass is 311 g/mol. The van der Waals surface area contributed by atoms with Crippen LogP contribution < -0.4 is 5.32 Å². The average Bonchev–Trinajstić information content (AvgIpc) is 3.04. The van der Waals surface area contributed by atoms with Crippen LogP contribution in [0.5, 0.6) is 0 Å². The van der Waals surface area contributed by atoms with E-state index in [2.05, 4.69) is 33.0 Å². The number of anilines is 1. The Labute approximate surface area is 132 Å². The predicted octanol–water partition coefficient (Wildman–Crippen LogP) is 3.47. The number of halogens is 1. The van der Waals surface area contributed by atoms with E-state index < -0.39 is 0 Å². The third-order valence-electron chi connectivity index (χ3n) is 4.01. The quantitative estimate of drug-likeness (QED) is 0.787. The van der Waals surface area contributed by atoms with E-state index in [1.807, 2.05) is 47.1 Å². The first-order chi connectivity index (χ1) is 10.8. The summed E-state index contributed by atoms with van der Waals surface area (Å²) in [5.74, 6) is 0.694. The van der Waals surface area contributed by atoms with Crippen LogP contribution in [0.1, 0.15) is 29.6 Å². The van der Waals surface area contributed by atoms with E-state index in [0.717, 1.165) is 17.0 Å². The zero-order valence-corrected chi connectivity index (χ0v) is 12.5. The van der Waals surface area contributed by atoms with Gasteiger partial charge in [-0.1, -0.05) is 59.2 Å². The van der Waals surface area contributed by atoms with Crippen molar-refractivity contribution >= 4 is 17.5 Å². The van der Waals surface area contributed by atoms with Crippen molar-refractivity contribution in [2.24, 2.45) is 0 Å². The van der Waals surface area contributed by atoms with Gasteiger partial charge >= 0.3 is 0 Å². The molecule has 6 heteroatoms. The van der Waals surface area contributed by atoms with E-state index in [-0.39, 0.29) is 12.1 Å². The maximum atomic E-state index is 5.99. The topological polar surface area (TPSA) is 55.6 Å². The zero-order valence-electron chi connectivity index (χ0n) is 11.7. The summed E-state index contributed by atoms with van der Waals surface area (Å²) in [5.41, 5.74) is 2.39. The summed E-state index contributed by atoms with van der Waals surface area (Å²) in [6.07, 6.45) is 0.879. The van der Waals surface area contributed by atoms with Crippen LogP contribution in [0.4, 0.5) is 5.95 Å². The molecule has 0 spiro atoms. The van der Waals surface area contributed by atoms with Gasteiger partial charge in [0.1, 0.15) is 0 Å². The van der Waals surface area contributed by atoms with Crippen LogP contribution >= 0.6 is 11.6 Å². The number of hydrogen-bond donors (Lipinski definition) is 1. The molecule has 2 heterocycles. The Balaban J connectivity index is 1.73. The Morgan fingerprint density at radius 2 is 1.77 bits per heavy atom. The molecule has 2 unspecified atom stereocenters. The second-order valence-corrected chi connectivity index (χ2v) is 5.79. The van der Waals surface area contributed by atoms with Crippen molar-refractivity contribution in [3.8, 4) is 0 Å². The van der Waals surface area contributed by atoms with Gasteiger partial charge in [0.25, 0.3) is 0 Å². The van der Waals surface area contributed by atoms with E-state index in [4.69, 9.17) is 11.6 Å². The highest BCUT2D eigenvalue weighted by Gasteiger charge is 2.30. The molecule has 0 bridgehead atoms. The molecule has 22 heavy (non-hydrogen) atoms. The first-order valence-corrected chi connectivity index (χ1v) is 7.54. The van der Waals surface area contributed by atoms with E-state index in [9.17, 15) is 0 Å². The van der Waals surface area contributed by atoms with E-state index in [0.29, 0.717) is 5.95 Å². The van der Waals surface area contributed by atoms with Crippen LogP contribution in [0.15, 0.2) is 54.6 Å². The van der Waals surface area contributed by atoms with Crippen LogP contribution in [0.2, 0.25) is 5.02 Å². The number of aromatic nitrogens is 4. The lowest BCUT2D eigenvalue weighted by molar-refractivity contribution is 0.424. The molecular weight excluding hydrogens is 298 g/mol. The Hall–Kier alpha value is -2.40. The minimum Gasteiger partial charge on any atom is -0.346 e. The molecular formula is C16H14ClN5. The lowest BCUT2D eigenvalue weighted by Crippen LogP contribution is -2.28. The Morgan fingerprint density at radius 1 is 1.00 bits per heavy atom. The maximum Gasteiger partial charge on any atom is 0.243 e. The molecule has 0 saturated heterocycles. The maximum absolute atomic E-state index is 5.99. The van der Waals surface area contributed by atoms with E-state index in [1.165, 1.54) is 5.56 Å². The van der Waals surface area contributed by atoms with Crippen LogP contribution in [0.25, 0.3) is 0 Å². The predicted molar refractivity (Wildman–Crippen MR) is 84.8 cm³/mol. The highest BCUT2D eigenvalue weighted by molar-refractivity contribution is 6.30. The van der Waals surface area contributed by atoms with Crippen LogP contribution in [0, 0.1) is 0 Å². The van der Waals surface area contributed by atoms with Gasteiger partial charge in [-0.2, -0.15) is 0 Å². The number of fused-ring (bicyclic) bond motifs is 1. The van der Waals surface area contributed by atoms with E-state index >= 15 is 0 Å². The van der Waals surface area contributed by atoms with Crippen molar-refractivity contribution in [1.82, 2.24) is 20.2 Å². The van der Waals surface area contributed by atoms with Crippen molar-refractivity contribution in [3.63, 3.8) is 0 Å². The van der Waals surface area contributed by atoms with Crippen LogP contribution in [-0.4, -0.2) is 20.2 Å². The summed E-state index contributed by atoms with van der Waals surface area (Å²) >= 11 is 5.99. The summed E-state index contributed by atoms with van der Waals surface area (Å²) in [4.78, 5) is 0. The number of hydrogen-bond acceptors (Lipinski definition) is 4. The molecule has 0 amide bonds. The Kier molecular flexibility index (Phi) is 3.27. The fourth-order valence-electron chi connectivity index (χ4n) is 2.90. The van der Waals surface area contributed by atoms with Gasteiger partial charge in [0.05, 0.1) is 12.1 Å². The van der Waals surface area contributed by atoms with Gasteiger partial charge in [-0.15, -0.1) is 0 Å². The van der Waals surface area contributed by atoms with Crippen molar-refractivity contribution < 1.29 is 0 Å². The standard InChI is InChI=1S/C16H14ClN5/c17-13-8-6-12(7-9-13)15-10-14(11-4-2-1-3-5-11)18-16-19-20-21-22(15)16/h1-9,14-15H,10H2,(H,18,19,21). The molecule has 0 aliphatic carbocycles. The number of benzene rings is 2. The van der Waals surface area contributed by atoms with E-state index in [1.54, 1.807) is 0 Å². The minimum absolute atomic E-state index is 0.0914. The summed E-state index contributed by atoms with van der Waals surface area (Å²) in [6.45, 7) is 0. The summed E-state index contributed by atoms with van der Waals surface area (Å²) < 4.78 is 1.84. The fraction of sp³-hybridized carbons (Fsp3) is 0.188. The van der Waals surface area contributed by atoms with Gasteiger partial charge in [0.2, 0.25) is 5.95 Å². The number of tetrazole rings is 1. The highest BCUT2D eigenvalue weighted by Crippen LogP contribution is 2.37. The molecule has 110 valence electrons. The van der Waals surface area contributed by atoms with Crippen LogP contribution in [-0.2, 0) is 0 Å². The molecule has 4 rings (SSSR count). The molecule has 2 atom stereocenters. The van der Waals surface area contributed by atoms with Gasteiger partial charge in [0, 0.05) is 5.02 Å². The highest BCUT2D eigenvalue weighted by atomic mass is 35.5. The van der Waals surface area contributed by atoms with Crippen molar-refractivity contribution in [3.05, 3.63) is 70.7 Å². The summed E-state index contributed by atoms with van der Waals surface area (Å²) in [7, 11) is 0. The average molecular weight is 312 g/mol. The van der Waals surface area contributed by atoms with Gasteiger partial charge in [-0.05, 0) is 40.1 Å². The molecule has 3 aromatic rings. The molecule has 0 saturated carbocycles. The largest absolute Gasteiger partial charge is 0.346 e. The molecule has 0 fully saturated rings. The molecule has 2 aromatic carbocycles. The Morgan fingerprint density at radius 3 is 2.55 bits per heavy atom. The summed E-state index contributed by atoms with van der Waals surface area (Å²) in [6, 6.07) is 18.5. The molecule has 1 aliphatic heterocycles. The Bertz CT molecular complexity index is 769. The first-order valence-electron chi connectivity index (χ1n) is 7.16. The van der Waals surface area contributed by atoms with Crippen molar-refractivity contribution in [2.45, 2.75) is 18.5 Å². The molecule has 1 aliphatic rings. The third kappa shape index (κ3) is 2.33. The smallest absolute Gasteiger partial charge is 0.243 e. The normalized spacial score (nSPS) is 20.2. The molecule has 0 radical (unpaired) electrons. The first kappa shape index (κ1) is 13.3. The third-order valence-corrected chi connectivity index (χ3v) is 4.26. The molecule has 1 N–H and O–H groups in total. The lowest BCUT2D eigenvalue weighted by atomic mass is 9.93. The summed E-state index contributed by atoms with van der Waals surface area (Å²) in [5, 5.41) is 16.2. The molecule has 1 aromatic heterocycles. The van der Waals surface area contributed by atoms with Crippen LogP contribution in [0.3, 0.4) is 0 Å². The van der Waals surface area contributed by atoms with Gasteiger partial charge in [-0.25, -0.2) is 4.68 Å². The van der Waals surface area contributed by atoms with Crippen molar-refractivity contribution in [1.29, 1.82) is 0 Å². The lowest BCUT2D eigenvalue weighted by Gasteiger charge is -2.31. The number of nitrogens with zero attached hydrogens (tertiary/aromatic N) is 4. The second kappa shape index (κ2) is 5.42. The SMILES string of the molecule is Clc1ccc(C2CC(c3ccccc3)Nc3nnnn32)cc1. The minimum atomic E-state index is 0.0914. The number of rotatable bonds is 2. The number of nitrogens with one attached hydrogen (secondary N) is 1. The van der Waals surface area contributed by atoms with Gasteiger partial charge in [-0.3, -0.25) is 0 Å².